The molecule has 0 bridgehead atoms. The smallest absolute Gasteiger partial charge is 0.497 e. The maximum atomic E-state index is 5.96. The van der Waals surface area contributed by atoms with Crippen molar-refractivity contribution in [1.29, 1.82) is 0 Å². The summed E-state index contributed by atoms with van der Waals surface area (Å²) in [5.41, 5.74) is 0. The summed E-state index contributed by atoms with van der Waals surface area (Å²) in [6, 6.07) is 64.8. The third-order valence-electron chi connectivity index (χ3n) is 11.5. The summed E-state index contributed by atoms with van der Waals surface area (Å²) >= 11 is 0. The summed E-state index contributed by atoms with van der Waals surface area (Å²) in [6.45, 7) is 0. The SMILES string of the molecule is COc1cccc(OB(Oc2cccc(OC)c2)Oc2cccc(OC)c2)c1.COc1cccc(OB(Oc2cccc(OC)c2)Oc2cccc(OC)c2)c1.COc1ccccc1OB(Oc1ccccc1OC)Oc1ccccc1OC. The summed E-state index contributed by atoms with van der Waals surface area (Å²) in [6.07, 6.45) is 0. The van der Waals surface area contributed by atoms with Gasteiger partial charge in [-0.05, 0) is 109 Å². The van der Waals surface area contributed by atoms with E-state index in [2.05, 4.69) is 0 Å². The third kappa shape index (κ3) is 19.1. The molecule has 0 saturated heterocycles. The first kappa shape index (κ1) is 61.2. The second-order valence-corrected chi connectivity index (χ2v) is 17.0. The molecule has 18 nitrogen and oxygen atoms in total. The van der Waals surface area contributed by atoms with E-state index >= 15 is 0 Å². The lowest BCUT2D eigenvalue weighted by Crippen LogP contribution is -2.37. The molecule has 0 aromatic heterocycles. The van der Waals surface area contributed by atoms with Crippen molar-refractivity contribution in [2.24, 2.45) is 0 Å². The molecule has 84 heavy (non-hydrogen) atoms. The molecule has 432 valence electrons. The van der Waals surface area contributed by atoms with Crippen LogP contribution in [0.25, 0.3) is 0 Å². The predicted octanol–water partition coefficient (Wildman–Crippen LogP) is 12.7. The molecule has 0 aliphatic carbocycles. The minimum atomic E-state index is -1.12. The highest BCUT2D eigenvalue weighted by atomic mass is 16.8. The van der Waals surface area contributed by atoms with Crippen molar-refractivity contribution >= 4 is 22.0 Å². The van der Waals surface area contributed by atoms with Gasteiger partial charge in [-0.15, -0.1) is 0 Å². The van der Waals surface area contributed by atoms with Gasteiger partial charge in [-0.2, -0.15) is 0 Å². The fourth-order valence-electron chi connectivity index (χ4n) is 7.39. The summed E-state index contributed by atoms with van der Waals surface area (Å²) < 4.78 is 101. The Labute approximate surface area is 490 Å². The van der Waals surface area contributed by atoms with Crippen LogP contribution < -0.4 is 84.5 Å². The van der Waals surface area contributed by atoms with Gasteiger partial charge in [0.1, 0.15) is 86.2 Å². The van der Waals surface area contributed by atoms with Gasteiger partial charge in [0.05, 0.1) is 64.0 Å². The number of methoxy groups -OCH3 is 9. The molecule has 0 fully saturated rings. The Balaban J connectivity index is 0.000000181. The minimum Gasteiger partial charge on any atom is -0.497 e. The van der Waals surface area contributed by atoms with Crippen LogP contribution in [0.3, 0.4) is 0 Å². The summed E-state index contributed by atoms with van der Waals surface area (Å²) in [7, 11) is 11.0. The van der Waals surface area contributed by atoms with Crippen LogP contribution in [-0.2, 0) is 0 Å². The Hall–Kier alpha value is -10.4. The molecule has 0 unspecified atom stereocenters. The predicted molar refractivity (Wildman–Crippen MR) is 320 cm³/mol. The molecule has 9 rings (SSSR count). The van der Waals surface area contributed by atoms with Crippen molar-refractivity contribution in [2.45, 2.75) is 0 Å². The van der Waals surface area contributed by atoms with Crippen molar-refractivity contribution < 1.29 is 84.5 Å². The standard InChI is InChI=1S/3C21H21BO6/c2*1-23-16-7-4-10-19(13-16)26-22(27-20-11-5-8-17(14-20)24-2)28-21-12-6-9-18(15-21)25-3;1-23-16-10-4-7-13-19(16)26-22(27-20-14-8-5-11-17(20)24-2)28-21-15-9-6-12-18(21)25-3/h3*4-15H,1-3H3. The van der Waals surface area contributed by atoms with Crippen LogP contribution in [-0.4, -0.2) is 86.0 Å². The van der Waals surface area contributed by atoms with Crippen LogP contribution in [0, 0.1) is 0 Å². The molecule has 0 N–H and O–H groups in total. The Morgan fingerprint density at radius 2 is 0.333 bits per heavy atom. The first-order chi connectivity index (χ1) is 41.1. The van der Waals surface area contributed by atoms with Gasteiger partial charge in [-0.25, -0.2) is 0 Å². The average molecular weight is 1140 g/mol. The normalized spacial score (nSPS) is 9.96. The number of benzene rings is 9. The van der Waals surface area contributed by atoms with Crippen LogP contribution in [0.15, 0.2) is 218 Å². The van der Waals surface area contributed by atoms with Crippen LogP contribution in [0.4, 0.5) is 0 Å². The zero-order chi connectivity index (χ0) is 59.3. The number of ether oxygens (including phenoxy) is 9. The van der Waals surface area contributed by atoms with Gasteiger partial charge < -0.3 is 84.5 Å². The van der Waals surface area contributed by atoms with Gasteiger partial charge in [0.25, 0.3) is 0 Å². The maximum Gasteiger partial charge on any atom is 0.864 e. The highest BCUT2D eigenvalue weighted by Gasteiger charge is 2.34. The molecule has 0 atom stereocenters. The molecular weight excluding hydrogens is 1080 g/mol. The zero-order valence-corrected chi connectivity index (χ0v) is 47.9. The van der Waals surface area contributed by atoms with Crippen molar-refractivity contribution in [3.8, 4) is 103 Å². The van der Waals surface area contributed by atoms with Gasteiger partial charge in [0.15, 0.2) is 17.2 Å². The minimum absolute atomic E-state index is 0.472. The molecule has 0 saturated carbocycles. The number of hydrogen-bond acceptors (Lipinski definition) is 18. The van der Waals surface area contributed by atoms with E-state index in [4.69, 9.17) is 84.5 Å². The molecular formula is C63H63B3O18. The van der Waals surface area contributed by atoms with Gasteiger partial charge >= 0.3 is 22.0 Å². The Bertz CT molecular complexity index is 2910. The van der Waals surface area contributed by atoms with Gasteiger partial charge in [0, 0.05) is 36.4 Å². The molecule has 0 radical (unpaired) electrons. The fourth-order valence-corrected chi connectivity index (χ4v) is 7.39. The monoisotopic (exact) mass is 1140 g/mol. The van der Waals surface area contributed by atoms with Crippen LogP contribution in [0.2, 0.25) is 0 Å². The summed E-state index contributed by atoms with van der Waals surface area (Å²) in [5, 5.41) is 0. The summed E-state index contributed by atoms with van der Waals surface area (Å²) in [4.78, 5) is 0. The lowest BCUT2D eigenvalue weighted by molar-refractivity contribution is 0.281. The van der Waals surface area contributed by atoms with E-state index in [9.17, 15) is 0 Å². The third-order valence-corrected chi connectivity index (χ3v) is 11.5. The second-order valence-electron chi connectivity index (χ2n) is 17.0. The lowest BCUT2D eigenvalue weighted by atomic mass is 10.1. The van der Waals surface area contributed by atoms with E-state index in [1.807, 2.05) is 109 Å². The molecule has 21 heteroatoms. The first-order valence-corrected chi connectivity index (χ1v) is 25.9. The largest absolute Gasteiger partial charge is 0.864 e. The molecule has 0 aliphatic heterocycles. The van der Waals surface area contributed by atoms with E-state index in [0.29, 0.717) is 103 Å². The topological polar surface area (TPSA) is 166 Å². The first-order valence-electron chi connectivity index (χ1n) is 25.9. The molecule has 0 heterocycles. The fraction of sp³-hybridized carbons (Fsp3) is 0.143. The van der Waals surface area contributed by atoms with E-state index in [1.54, 1.807) is 173 Å². The number of hydrogen-bond donors (Lipinski definition) is 0. The van der Waals surface area contributed by atoms with Crippen LogP contribution >= 0.6 is 0 Å². The Morgan fingerprint density at radius 3 is 0.512 bits per heavy atom. The average Bonchev–Trinajstić information content (AvgIpc) is 3.63. The summed E-state index contributed by atoms with van der Waals surface area (Å²) in [5.74, 6) is 10.3. The van der Waals surface area contributed by atoms with Gasteiger partial charge in [-0.3, -0.25) is 0 Å². The van der Waals surface area contributed by atoms with Crippen molar-refractivity contribution in [3.63, 3.8) is 0 Å². The number of rotatable bonds is 27. The lowest BCUT2D eigenvalue weighted by Gasteiger charge is -2.19. The maximum absolute atomic E-state index is 5.96. The Morgan fingerprint density at radius 1 is 0.167 bits per heavy atom. The molecule has 9 aromatic carbocycles. The Kier molecular flexibility index (Phi) is 23.8. The quantitative estimate of drug-likeness (QED) is 0.0446. The zero-order valence-electron chi connectivity index (χ0n) is 47.9. The molecule has 9 aromatic rings. The van der Waals surface area contributed by atoms with E-state index in [0.717, 1.165) is 0 Å². The number of para-hydroxylation sites is 6. The van der Waals surface area contributed by atoms with Gasteiger partial charge in [0.2, 0.25) is 0 Å². The van der Waals surface area contributed by atoms with E-state index in [-0.39, 0.29) is 0 Å². The van der Waals surface area contributed by atoms with Crippen LogP contribution in [0.1, 0.15) is 0 Å². The van der Waals surface area contributed by atoms with E-state index < -0.39 is 22.0 Å². The van der Waals surface area contributed by atoms with Crippen molar-refractivity contribution in [1.82, 2.24) is 0 Å². The van der Waals surface area contributed by atoms with Crippen LogP contribution in [0.5, 0.6) is 103 Å². The van der Waals surface area contributed by atoms with Gasteiger partial charge in [-0.1, -0.05) is 72.8 Å². The van der Waals surface area contributed by atoms with E-state index in [1.165, 1.54) is 0 Å². The second kappa shape index (κ2) is 32.7. The molecule has 0 amide bonds. The molecule has 0 spiro atoms. The molecule has 0 aliphatic rings. The highest BCUT2D eigenvalue weighted by molar-refractivity contribution is 6.40. The highest BCUT2D eigenvalue weighted by Crippen LogP contribution is 2.34. The van der Waals surface area contributed by atoms with Crippen molar-refractivity contribution in [2.75, 3.05) is 64.0 Å². The van der Waals surface area contributed by atoms with Crippen molar-refractivity contribution in [3.05, 3.63) is 218 Å².